The second-order valence-electron chi connectivity index (χ2n) is 4.43. The molecule has 0 fully saturated rings. The number of rotatable bonds is 6. The molecule has 0 aliphatic heterocycles. The molecule has 110 valence electrons. The first-order chi connectivity index (χ1) is 10.1. The van der Waals surface area contributed by atoms with Crippen LogP contribution in [0.15, 0.2) is 71.6 Å². The van der Waals surface area contributed by atoms with Gasteiger partial charge in [-0.3, -0.25) is 4.72 Å². The number of para-hydroxylation sites is 1. The van der Waals surface area contributed by atoms with E-state index in [2.05, 4.69) is 4.72 Å². The maximum atomic E-state index is 12.3. The summed E-state index contributed by atoms with van der Waals surface area (Å²) in [5.74, 6) is 0. The summed E-state index contributed by atoms with van der Waals surface area (Å²) in [7, 11) is -3.59. The van der Waals surface area contributed by atoms with Crippen molar-refractivity contribution in [2.45, 2.75) is 11.3 Å². The molecule has 0 radical (unpaired) electrons. The Kier molecular flexibility index (Phi) is 5.14. The highest BCUT2D eigenvalue weighted by molar-refractivity contribution is 7.92. The lowest BCUT2D eigenvalue weighted by Crippen LogP contribution is -2.14. The van der Waals surface area contributed by atoms with Crippen molar-refractivity contribution in [1.29, 1.82) is 0 Å². The van der Waals surface area contributed by atoms with Gasteiger partial charge in [0.2, 0.25) is 0 Å². The number of anilines is 1. The predicted octanol–water partition coefficient (Wildman–Crippen LogP) is 2.58. The van der Waals surface area contributed by atoms with Crippen LogP contribution in [0.5, 0.6) is 0 Å². The predicted molar refractivity (Wildman–Crippen MR) is 83.6 cm³/mol. The van der Waals surface area contributed by atoms with E-state index >= 15 is 0 Å². The third-order valence-corrected chi connectivity index (χ3v) is 4.31. The summed E-state index contributed by atoms with van der Waals surface area (Å²) >= 11 is 0. The maximum Gasteiger partial charge on any atom is 0.261 e. The van der Waals surface area contributed by atoms with E-state index in [0.29, 0.717) is 12.1 Å². The molecule has 2 N–H and O–H groups in total. The van der Waals surface area contributed by atoms with Crippen LogP contribution in [0, 0.1) is 0 Å². The molecule has 2 aromatic carbocycles. The van der Waals surface area contributed by atoms with Crippen LogP contribution in [0.2, 0.25) is 0 Å². The molecule has 5 heteroatoms. The first-order valence-corrected chi connectivity index (χ1v) is 8.03. The van der Waals surface area contributed by atoms with Crippen molar-refractivity contribution >= 4 is 15.7 Å². The van der Waals surface area contributed by atoms with Crippen LogP contribution >= 0.6 is 0 Å². The Morgan fingerprint density at radius 1 is 0.952 bits per heavy atom. The first kappa shape index (κ1) is 15.3. The zero-order valence-corrected chi connectivity index (χ0v) is 12.3. The Hall–Kier alpha value is -2.11. The van der Waals surface area contributed by atoms with Gasteiger partial charge in [-0.15, -0.1) is 0 Å². The minimum Gasteiger partial charge on any atom is -0.392 e. The molecule has 0 aliphatic rings. The van der Waals surface area contributed by atoms with Gasteiger partial charge in [-0.25, -0.2) is 8.42 Å². The molecule has 0 spiro atoms. The number of hydrogen-bond acceptors (Lipinski definition) is 3. The molecule has 0 saturated heterocycles. The lowest BCUT2D eigenvalue weighted by molar-refractivity contribution is 0.342. The monoisotopic (exact) mass is 303 g/mol. The zero-order chi connectivity index (χ0) is 15.1. The van der Waals surface area contributed by atoms with E-state index in [9.17, 15) is 8.42 Å². The molecule has 0 aliphatic carbocycles. The lowest BCUT2D eigenvalue weighted by atomic mass is 10.1. The molecule has 0 bridgehead atoms. The molecular formula is C16H17NO3S. The number of allylic oxidation sites excluding steroid dienone is 1. The molecule has 2 rings (SSSR count). The van der Waals surface area contributed by atoms with E-state index in [-0.39, 0.29) is 11.5 Å². The van der Waals surface area contributed by atoms with E-state index < -0.39 is 10.0 Å². The van der Waals surface area contributed by atoms with Gasteiger partial charge < -0.3 is 5.11 Å². The van der Waals surface area contributed by atoms with Crippen LogP contribution in [-0.2, 0) is 16.4 Å². The smallest absolute Gasteiger partial charge is 0.261 e. The number of sulfonamides is 1. The topological polar surface area (TPSA) is 66.4 Å². The molecule has 0 atom stereocenters. The van der Waals surface area contributed by atoms with Gasteiger partial charge in [0.15, 0.2) is 0 Å². The van der Waals surface area contributed by atoms with Crippen LogP contribution in [0.25, 0.3) is 0 Å². The van der Waals surface area contributed by atoms with Crippen molar-refractivity contribution < 1.29 is 13.5 Å². The van der Waals surface area contributed by atoms with Crippen LogP contribution in [0.3, 0.4) is 0 Å². The Balaban J connectivity index is 2.25. The van der Waals surface area contributed by atoms with Crippen LogP contribution in [-0.4, -0.2) is 20.1 Å². The molecule has 0 saturated carbocycles. The minimum atomic E-state index is -3.59. The molecular weight excluding hydrogens is 286 g/mol. The summed E-state index contributed by atoms with van der Waals surface area (Å²) in [6.45, 7) is -0.0299. The van der Waals surface area contributed by atoms with Crippen molar-refractivity contribution in [3.63, 3.8) is 0 Å². The number of nitrogens with one attached hydrogen (secondary N) is 1. The second-order valence-corrected chi connectivity index (χ2v) is 6.12. The van der Waals surface area contributed by atoms with Crippen LogP contribution in [0.4, 0.5) is 5.69 Å². The van der Waals surface area contributed by atoms with Gasteiger partial charge in [0.1, 0.15) is 0 Å². The Labute approximate surface area is 124 Å². The van der Waals surface area contributed by atoms with Gasteiger partial charge in [0, 0.05) is 0 Å². The molecule has 2 aromatic rings. The second kappa shape index (κ2) is 7.06. The summed E-state index contributed by atoms with van der Waals surface area (Å²) in [6.07, 6.45) is 3.98. The number of hydrogen-bond donors (Lipinski definition) is 2. The van der Waals surface area contributed by atoms with Gasteiger partial charge in [0.05, 0.1) is 17.2 Å². The zero-order valence-electron chi connectivity index (χ0n) is 11.4. The Bertz CT molecular complexity index is 709. The van der Waals surface area contributed by atoms with Crippen molar-refractivity contribution in [1.82, 2.24) is 0 Å². The highest BCUT2D eigenvalue weighted by Gasteiger charge is 2.14. The fourth-order valence-corrected chi connectivity index (χ4v) is 3.01. The fourth-order valence-electron chi connectivity index (χ4n) is 1.89. The third kappa shape index (κ3) is 4.18. The van der Waals surface area contributed by atoms with E-state index in [0.717, 1.165) is 5.56 Å². The van der Waals surface area contributed by atoms with Crippen LogP contribution < -0.4 is 4.72 Å². The number of aliphatic hydroxyl groups excluding tert-OH is 1. The van der Waals surface area contributed by atoms with Crippen molar-refractivity contribution in [3.05, 3.63) is 72.3 Å². The molecule has 21 heavy (non-hydrogen) atoms. The highest BCUT2D eigenvalue weighted by atomic mass is 32.2. The van der Waals surface area contributed by atoms with Gasteiger partial charge in [0.25, 0.3) is 10.0 Å². The Morgan fingerprint density at radius 2 is 1.62 bits per heavy atom. The number of benzene rings is 2. The third-order valence-electron chi connectivity index (χ3n) is 2.93. The summed E-state index contributed by atoms with van der Waals surface area (Å²) < 4.78 is 27.2. The van der Waals surface area contributed by atoms with Crippen LogP contribution in [0.1, 0.15) is 5.56 Å². The lowest BCUT2D eigenvalue weighted by Gasteiger charge is -2.11. The Morgan fingerprint density at radius 3 is 2.33 bits per heavy atom. The normalized spacial score (nSPS) is 11.7. The summed E-state index contributed by atoms with van der Waals surface area (Å²) in [5.41, 5.74) is 1.39. The average molecular weight is 303 g/mol. The quantitative estimate of drug-likeness (QED) is 0.806. The molecule has 0 unspecified atom stereocenters. The van der Waals surface area contributed by atoms with E-state index in [1.807, 2.05) is 12.1 Å². The first-order valence-electron chi connectivity index (χ1n) is 6.55. The standard InChI is InChI=1S/C16H17NO3S/c18-13-7-6-9-14-8-4-5-12-16(14)17-21(19,20)15-10-2-1-3-11-15/h1-8,10-12,17-18H,9,13H2/b7-6+. The summed E-state index contributed by atoms with van der Waals surface area (Å²) in [5, 5.41) is 8.75. The van der Waals surface area contributed by atoms with Gasteiger partial charge in [-0.2, -0.15) is 0 Å². The van der Waals surface area contributed by atoms with Gasteiger partial charge in [-0.1, -0.05) is 48.6 Å². The highest BCUT2D eigenvalue weighted by Crippen LogP contribution is 2.20. The SMILES string of the molecule is O=S(=O)(Nc1ccccc1C/C=C/CO)c1ccccc1. The minimum absolute atomic E-state index is 0.0299. The van der Waals surface area contributed by atoms with Crippen molar-refractivity contribution in [3.8, 4) is 0 Å². The summed E-state index contributed by atoms with van der Waals surface area (Å²) in [4.78, 5) is 0.228. The maximum absolute atomic E-state index is 12.3. The van der Waals surface area contributed by atoms with E-state index in [4.69, 9.17) is 5.11 Å². The van der Waals surface area contributed by atoms with Gasteiger partial charge >= 0.3 is 0 Å². The molecule has 0 heterocycles. The molecule has 0 amide bonds. The van der Waals surface area contributed by atoms with E-state index in [1.165, 1.54) is 0 Å². The van der Waals surface area contributed by atoms with Crippen molar-refractivity contribution in [2.24, 2.45) is 0 Å². The fraction of sp³-hybridized carbons (Fsp3) is 0.125. The average Bonchev–Trinajstić information content (AvgIpc) is 2.50. The molecule has 4 nitrogen and oxygen atoms in total. The summed E-state index contributed by atoms with van der Waals surface area (Å²) in [6, 6.07) is 15.5. The van der Waals surface area contributed by atoms with Gasteiger partial charge in [-0.05, 0) is 30.2 Å². The number of aliphatic hydroxyl groups is 1. The molecule has 0 aromatic heterocycles. The van der Waals surface area contributed by atoms with Crippen molar-refractivity contribution in [2.75, 3.05) is 11.3 Å². The van der Waals surface area contributed by atoms with E-state index in [1.54, 1.807) is 54.6 Å². The largest absolute Gasteiger partial charge is 0.392 e.